The number of rotatable bonds is 2. The highest BCUT2D eigenvalue weighted by Gasteiger charge is 2.27. The minimum atomic E-state index is -0.781. The molecule has 0 bridgehead atoms. The van der Waals surface area contributed by atoms with E-state index in [1.807, 2.05) is 0 Å². The number of hydrogen-bond donors (Lipinski definition) is 1. The second kappa shape index (κ2) is 6.22. The zero-order valence-electron chi connectivity index (χ0n) is 11.6. The molecule has 0 spiro atoms. The molecule has 4 nitrogen and oxygen atoms in total. The Labute approximate surface area is 114 Å². The average Bonchev–Trinajstić information content (AvgIpc) is 2.41. The summed E-state index contributed by atoms with van der Waals surface area (Å²) in [5.41, 5.74) is 1.24. The normalized spacial score (nSPS) is 28.1. The Balaban J connectivity index is 1.92. The summed E-state index contributed by atoms with van der Waals surface area (Å²) in [6.45, 7) is 3.32. The van der Waals surface area contributed by atoms with E-state index >= 15 is 0 Å². The summed E-state index contributed by atoms with van der Waals surface area (Å²) in [6, 6.07) is 0. The van der Waals surface area contributed by atoms with Crippen molar-refractivity contribution in [2.45, 2.75) is 45.4 Å². The molecule has 1 amide bonds. The minimum Gasteiger partial charge on any atom is -0.481 e. The molecular formula is C15H23NO3. The molecule has 0 aromatic heterocycles. The summed E-state index contributed by atoms with van der Waals surface area (Å²) >= 11 is 0. The molecule has 1 atom stereocenters. The predicted octanol–water partition coefficient (Wildman–Crippen LogP) is 2.45. The number of allylic oxidation sites excluding steroid dienone is 1. The van der Waals surface area contributed by atoms with E-state index < -0.39 is 5.97 Å². The van der Waals surface area contributed by atoms with Crippen LogP contribution in [-0.4, -0.2) is 35.0 Å². The van der Waals surface area contributed by atoms with Crippen LogP contribution in [-0.2, 0) is 9.59 Å². The number of carbonyl (C=O) groups is 2. The van der Waals surface area contributed by atoms with Crippen molar-refractivity contribution in [2.24, 2.45) is 11.8 Å². The monoisotopic (exact) mass is 265 g/mol. The largest absolute Gasteiger partial charge is 0.481 e. The van der Waals surface area contributed by atoms with Gasteiger partial charge in [0.2, 0.25) is 5.91 Å². The molecule has 0 unspecified atom stereocenters. The summed E-state index contributed by atoms with van der Waals surface area (Å²) in [5, 5.41) is 9.04. The molecule has 0 aromatic rings. The lowest BCUT2D eigenvalue weighted by atomic mass is 9.87. The number of amides is 1. The van der Waals surface area contributed by atoms with Gasteiger partial charge in [-0.3, -0.25) is 9.59 Å². The average molecular weight is 265 g/mol. The zero-order valence-corrected chi connectivity index (χ0v) is 11.6. The van der Waals surface area contributed by atoms with Crippen molar-refractivity contribution in [1.29, 1.82) is 0 Å². The van der Waals surface area contributed by atoms with E-state index in [1.54, 1.807) is 11.0 Å². The molecule has 2 fully saturated rings. The van der Waals surface area contributed by atoms with Gasteiger partial charge in [-0.05, 0) is 44.4 Å². The topological polar surface area (TPSA) is 57.6 Å². The maximum Gasteiger partial charge on any atom is 0.308 e. The predicted molar refractivity (Wildman–Crippen MR) is 72.7 cm³/mol. The first kappa shape index (κ1) is 14.1. The number of carbonyl (C=O) groups excluding carboxylic acids is 1. The van der Waals surface area contributed by atoms with Crippen LogP contribution in [0.4, 0.5) is 0 Å². The molecule has 1 saturated carbocycles. The quantitative estimate of drug-likeness (QED) is 0.780. The van der Waals surface area contributed by atoms with Crippen molar-refractivity contribution in [1.82, 2.24) is 4.90 Å². The van der Waals surface area contributed by atoms with Crippen LogP contribution in [0.1, 0.15) is 45.4 Å². The Hall–Kier alpha value is -1.32. The lowest BCUT2D eigenvalue weighted by Crippen LogP contribution is -2.41. The number of hydrogen-bond acceptors (Lipinski definition) is 2. The molecule has 19 heavy (non-hydrogen) atoms. The van der Waals surface area contributed by atoms with Gasteiger partial charge < -0.3 is 10.0 Å². The van der Waals surface area contributed by atoms with Crippen LogP contribution in [0.25, 0.3) is 0 Å². The number of nitrogens with zero attached hydrogens (tertiary/aromatic N) is 1. The molecule has 4 heteroatoms. The third kappa shape index (κ3) is 3.82. The van der Waals surface area contributed by atoms with Crippen LogP contribution in [0.3, 0.4) is 0 Å². The van der Waals surface area contributed by atoms with E-state index in [0.717, 1.165) is 38.0 Å². The van der Waals surface area contributed by atoms with Crippen molar-refractivity contribution in [3.8, 4) is 0 Å². The van der Waals surface area contributed by atoms with E-state index in [-0.39, 0.29) is 11.8 Å². The molecule has 1 saturated heterocycles. The Morgan fingerprint density at radius 2 is 1.95 bits per heavy atom. The summed E-state index contributed by atoms with van der Waals surface area (Å²) in [6.07, 6.45) is 7.60. The van der Waals surface area contributed by atoms with E-state index in [4.69, 9.17) is 5.11 Å². The van der Waals surface area contributed by atoms with Gasteiger partial charge in [0, 0.05) is 19.2 Å². The van der Waals surface area contributed by atoms with Gasteiger partial charge in [-0.15, -0.1) is 0 Å². The summed E-state index contributed by atoms with van der Waals surface area (Å²) in [7, 11) is 0. The summed E-state index contributed by atoms with van der Waals surface area (Å²) in [5.74, 6) is -0.395. The molecule has 106 valence electrons. The fraction of sp³-hybridized carbons (Fsp3) is 0.733. The molecule has 1 heterocycles. The smallest absolute Gasteiger partial charge is 0.308 e. The fourth-order valence-corrected chi connectivity index (χ4v) is 2.92. The third-order valence-corrected chi connectivity index (χ3v) is 4.33. The molecule has 0 aromatic carbocycles. The minimum absolute atomic E-state index is 0.00973. The van der Waals surface area contributed by atoms with Crippen molar-refractivity contribution in [3.63, 3.8) is 0 Å². The van der Waals surface area contributed by atoms with E-state index in [1.165, 1.54) is 5.57 Å². The number of carboxylic acids is 1. The molecule has 2 rings (SSSR count). The van der Waals surface area contributed by atoms with E-state index in [0.29, 0.717) is 19.5 Å². The lowest BCUT2D eigenvalue weighted by Gasteiger charge is -2.30. The molecule has 1 aliphatic carbocycles. The van der Waals surface area contributed by atoms with Crippen LogP contribution < -0.4 is 0 Å². The van der Waals surface area contributed by atoms with Gasteiger partial charge in [0.05, 0.1) is 5.92 Å². The number of carboxylic acid groups (broad SMARTS) is 1. The zero-order chi connectivity index (χ0) is 13.8. The van der Waals surface area contributed by atoms with Crippen molar-refractivity contribution in [2.75, 3.05) is 13.1 Å². The fourth-order valence-electron chi connectivity index (χ4n) is 2.92. The summed E-state index contributed by atoms with van der Waals surface area (Å²) < 4.78 is 0. The molecule has 2 aliphatic rings. The first-order valence-corrected chi connectivity index (χ1v) is 7.27. The first-order chi connectivity index (χ1) is 9.06. The lowest BCUT2D eigenvalue weighted by molar-refractivity contribution is -0.144. The van der Waals surface area contributed by atoms with Crippen LogP contribution in [0, 0.1) is 11.8 Å². The van der Waals surface area contributed by atoms with E-state index in [2.05, 4.69) is 6.92 Å². The van der Waals surface area contributed by atoms with Crippen LogP contribution in [0.2, 0.25) is 0 Å². The highest BCUT2D eigenvalue weighted by Crippen LogP contribution is 2.28. The van der Waals surface area contributed by atoms with Gasteiger partial charge in [-0.1, -0.05) is 12.5 Å². The molecule has 0 radical (unpaired) electrons. The van der Waals surface area contributed by atoms with Crippen LogP contribution in [0.15, 0.2) is 11.6 Å². The Bertz CT molecular complexity index is 379. The Morgan fingerprint density at radius 1 is 1.26 bits per heavy atom. The highest BCUT2D eigenvalue weighted by atomic mass is 16.4. The van der Waals surface area contributed by atoms with Crippen LogP contribution >= 0.6 is 0 Å². The molecule has 1 N–H and O–H groups in total. The van der Waals surface area contributed by atoms with Gasteiger partial charge in [0.1, 0.15) is 0 Å². The number of aliphatic carboxylic acids is 1. The van der Waals surface area contributed by atoms with Gasteiger partial charge in [-0.25, -0.2) is 0 Å². The number of piperidine rings is 1. The van der Waals surface area contributed by atoms with Gasteiger partial charge in [0.25, 0.3) is 0 Å². The van der Waals surface area contributed by atoms with Crippen molar-refractivity contribution >= 4 is 11.9 Å². The van der Waals surface area contributed by atoms with Crippen LogP contribution in [0.5, 0.6) is 0 Å². The van der Waals surface area contributed by atoms with Crippen molar-refractivity contribution < 1.29 is 14.7 Å². The van der Waals surface area contributed by atoms with Crippen molar-refractivity contribution in [3.05, 3.63) is 11.6 Å². The Kier molecular flexibility index (Phi) is 4.61. The van der Waals surface area contributed by atoms with Gasteiger partial charge >= 0.3 is 5.97 Å². The number of likely N-dealkylation sites (tertiary alicyclic amines) is 1. The summed E-state index contributed by atoms with van der Waals surface area (Å²) in [4.78, 5) is 24.9. The van der Waals surface area contributed by atoms with Gasteiger partial charge in [0.15, 0.2) is 0 Å². The Morgan fingerprint density at radius 3 is 2.58 bits per heavy atom. The second-order valence-corrected chi connectivity index (χ2v) is 5.95. The second-order valence-electron chi connectivity index (χ2n) is 5.95. The SMILES string of the molecule is CC1CCC(=CC(=O)N2CCC[C@@H](C(=O)O)C2)CC1. The van der Waals surface area contributed by atoms with Gasteiger partial charge in [-0.2, -0.15) is 0 Å². The first-order valence-electron chi connectivity index (χ1n) is 7.27. The maximum atomic E-state index is 12.2. The maximum absolute atomic E-state index is 12.2. The standard InChI is InChI=1S/C15H23NO3/c1-11-4-6-12(7-5-11)9-14(17)16-8-2-3-13(10-16)15(18)19/h9,11,13H,2-8,10H2,1H3,(H,18,19)/t11?,13-/m1/s1. The third-order valence-electron chi connectivity index (χ3n) is 4.33. The van der Waals surface area contributed by atoms with E-state index in [9.17, 15) is 9.59 Å². The molecule has 1 aliphatic heterocycles. The highest BCUT2D eigenvalue weighted by molar-refractivity contribution is 5.88. The molecular weight excluding hydrogens is 242 g/mol.